The van der Waals surface area contributed by atoms with Crippen molar-refractivity contribution in [1.82, 2.24) is 0 Å². The van der Waals surface area contributed by atoms with Gasteiger partial charge < -0.3 is 9.05 Å². The molecule has 2 unspecified atom stereocenters. The van der Waals surface area contributed by atoms with Crippen LogP contribution in [-0.2, 0) is 9.05 Å². The number of fused-ring (bicyclic) bond motifs is 1. The van der Waals surface area contributed by atoms with Crippen LogP contribution in [0.1, 0.15) is 59.3 Å². The van der Waals surface area contributed by atoms with Gasteiger partial charge in [0.1, 0.15) is 0 Å². The number of rotatable bonds is 8. The van der Waals surface area contributed by atoms with E-state index in [2.05, 4.69) is 62.8 Å². The van der Waals surface area contributed by atoms with Gasteiger partial charge in [0.25, 0.3) is 0 Å². The molecule has 0 bridgehead atoms. The molecule has 0 aromatic heterocycles. The predicted molar refractivity (Wildman–Crippen MR) is 113 cm³/mol. The van der Waals surface area contributed by atoms with Crippen molar-refractivity contribution < 1.29 is 9.05 Å². The summed E-state index contributed by atoms with van der Waals surface area (Å²) >= 11 is 0. The van der Waals surface area contributed by atoms with Crippen molar-refractivity contribution in [2.75, 3.05) is 0 Å². The maximum atomic E-state index is 5.75. The van der Waals surface area contributed by atoms with Gasteiger partial charge in [0.15, 0.2) is 0 Å². The Balaban J connectivity index is 2.05. The Morgan fingerprint density at radius 2 is 2.12 bits per heavy atom. The topological polar surface area (TPSA) is 18.5 Å². The predicted octanol–water partition coefficient (Wildman–Crippen LogP) is 5.72. The van der Waals surface area contributed by atoms with Crippen LogP contribution in [0.4, 0.5) is 0 Å². The van der Waals surface area contributed by atoms with Gasteiger partial charge in [-0.25, -0.2) is 0 Å². The molecule has 0 saturated heterocycles. The molecule has 2 saturated carbocycles. The maximum absolute atomic E-state index is 5.75. The minimum absolute atomic E-state index is 0.0894. The molecular formula is C21H34O2P2. The minimum atomic E-state index is 0.0894. The SMILES string of the molecule is CC#CC[C@H](C)[C@@H](/C=C/[C@@H]1[C@H]2C/C(=C/CCC)C[C@H]2C[C@H]1OP)OP. The van der Waals surface area contributed by atoms with E-state index < -0.39 is 0 Å². The van der Waals surface area contributed by atoms with Gasteiger partial charge in [0.05, 0.1) is 12.2 Å². The average molecular weight is 380 g/mol. The second-order valence-electron chi connectivity index (χ2n) is 7.56. The monoisotopic (exact) mass is 380 g/mol. The lowest BCUT2D eigenvalue weighted by Crippen LogP contribution is -2.20. The highest BCUT2D eigenvalue weighted by Crippen LogP contribution is 2.51. The lowest BCUT2D eigenvalue weighted by molar-refractivity contribution is 0.193. The molecule has 0 radical (unpaired) electrons. The molecule has 4 heteroatoms. The van der Waals surface area contributed by atoms with Crippen molar-refractivity contribution in [3.05, 3.63) is 23.8 Å². The highest BCUT2D eigenvalue weighted by atomic mass is 31.0. The Labute approximate surface area is 159 Å². The minimum Gasteiger partial charge on any atom is -0.362 e. The number of unbranched alkanes of at least 4 members (excludes halogenated alkanes) is 1. The van der Waals surface area contributed by atoms with Crippen molar-refractivity contribution in [1.29, 1.82) is 0 Å². The summed E-state index contributed by atoms with van der Waals surface area (Å²) in [7, 11) is 4.91. The molecule has 0 spiro atoms. The Morgan fingerprint density at radius 3 is 2.76 bits per heavy atom. The number of allylic oxidation sites excluding steroid dienone is 2. The molecule has 2 aliphatic rings. The summed E-state index contributed by atoms with van der Waals surface area (Å²) in [5.74, 6) is 8.52. The molecule has 2 fully saturated rings. The van der Waals surface area contributed by atoms with Crippen LogP contribution in [0.5, 0.6) is 0 Å². The van der Waals surface area contributed by atoms with Gasteiger partial charge in [0.2, 0.25) is 0 Å². The fraction of sp³-hybridized carbons (Fsp3) is 0.714. The molecule has 2 aliphatic carbocycles. The first kappa shape index (κ1) is 21.1. The normalized spacial score (nSPS) is 32.6. The van der Waals surface area contributed by atoms with E-state index in [9.17, 15) is 0 Å². The third-order valence-electron chi connectivity index (χ3n) is 5.82. The fourth-order valence-electron chi connectivity index (χ4n) is 4.39. The zero-order valence-electron chi connectivity index (χ0n) is 15.9. The zero-order chi connectivity index (χ0) is 18.2. The fourth-order valence-corrected chi connectivity index (χ4v) is 5.05. The molecule has 2 rings (SSSR count). The number of hydrogen-bond acceptors (Lipinski definition) is 2. The van der Waals surface area contributed by atoms with Gasteiger partial charge >= 0.3 is 0 Å². The first-order valence-electron chi connectivity index (χ1n) is 9.61. The van der Waals surface area contributed by atoms with E-state index in [-0.39, 0.29) is 6.10 Å². The van der Waals surface area contributed by atoms with Crippen LogP contribution in [0.15, 0.2) is 23.8 Å². The lowest BCUT2D eigenvalue weighted by atomic mass is 9.89. The largest absolute Gasteiger partial charge is 0.362 e. The van der Waals surface area contributed by atoms with Crippen LogP contribution >= 0.6 is 18.9 Å². The van der Waals surface area contributed by atoms with E-state index in [0.717, 1.165) is 18.3 Å². The molecule has 8 atom stereocenters. The highest BCUT2D eigenvalue weighted by Gasteiger charge is 2.45. The summed E-state index contributed by atoms with van der Waals surface area (Å²) < 4.78 is 11.4. The van der Waals surface area contributed by atoms with Crippen LogP contribution in [0, 0.1) is 35.5 Å². The van der Waals surface area contributed by atoms with Gasteiger partial charge in [0, 0.05) is 31.3 Å². The molecule has 0 aromatic rings. The van der Waals surface area contributed by atoms with Gasteiger partial charge in [-0.3, -0.25) is 0 Å². The summed E-state index contributed by atoms with van der Waals surface area (Å²) in [4.78, 5) is 0. The average Bonchev–Trinajstić information content (AvgIpc) is 3.16. The van der Waals surface area contributed by atoms with Crippen LogP contribution in [0.3, 0.4) is 0 Å². The Kier molecular flexibility index (Phi) is 9.16. The van der Waals surface area contributed by atoms with Gasteiger partial charge in [-0.05, 0) is 50.4 Å². The molecule has 0 heterocycles. The van der Waals surface area contributed by atoms with Crippen LogP contribution in [0.25, 0.3) is 0 Å². The summed E-state index contributed by atoms with van der Waals surface area (Å²) in [6.45, 7) is 6.34. The van der Waals surface area contributed by atoms with Crippen molar-refractivity contribution in [2.24, 2.45) is 23.7 Å². The van der Waals surface area contributed by atoms with Crippen molar-refractivity contribution in [3.8, 4) is 11.8 Å². The molecule has 0 amide bonds. The van der Waals surface area contributed by atoms with Crippen molar-refractivity contribution in [2.45, 2.75) is 71.5 Å². The molecule has 140 valence electrons. The van der Waals surface area contributed by atoms with Crippen molar-refractivity contribution >= 4 is 18.9 Å². The van der Waals surface area contributed by atoms with Gasteiger partial charge in [-0.1, -0.05) is 44.1 Å². The van der Waals surface area contributed by atoms with Crippen molar-refractivity contribution in [3.63, 3.8) is 0 Å². The highest BCUT2D eigenvalue weighted by molar-refractivity contribution is 7.10. The molecule has 2 nitrogen and oxygen atoms in total. The Morgan fingerprint density at radius 1 is 1.32 bits per heavy atom. The number of hydrogen-bond donors (Lipinski definition) is 0. The smallest absolute Gasteiger partial charge is 0.0826 e. The van der Waals surface area contributed by atoms with Crippen LogP contribution in [-0.4, -0.2) is 12.2 Å². The molecule has 0 aromatic carbocycles. The maximum Gasteiger partial charge on any atom is 0.0826 e. The van der Waals surface area contributed by atoms with Crippen LogP contribution in [0.2, 0.25) is 0 Å². The standard InChI is InChI=1S/C21H34O2P2/c1-4-6-8-15(3)20(22-24)11-10-18-19-13-16(9-7-5-2)12-17(19)14-21(18)23-25/h9-11,15,17-21H,5,7-8,12-14,24-25H2,1-3H3/b11-10+,16-9+/t15-,17-,18+,19-,20+,21+/m0/s1. The molecule has 0 aliphatic heterocycles. The second kappa shape index (κ2) is 10.8. The van der Waals surface area contributed by atoms with E-state index >= 15 is 0 Å². The van der Waals surface area contributed by atoms with E-state index in [1.165, 1.54) is 32.1 Å². The molecule has 0 N–H and O–H groups in total. The zero-order valence-corrected chi connectivity index (χ0v) is 18.2. The summed E-state index contributed by atoms with van der Waals surface area (Å²) in [6.07, 6.45) is 14.5. The van der Waals surface area contributed by atoms with Gasteiger partial charge in [-0.2, -0.15) is 0 Å². The van der Waals surface area contributed by atoms with Gasteiger partial charge in [-0.15, -0.1) is 11.8 Å². The Hall–Kier alpha value is -0.180. The van der Waals surface area contributed by atoms with E-state index in [4.69, 9.17) is 9.05 Å². The third kappa shape index (κ3) is 5.65. The first-order valence-corrected chi connectivity index (χ1v) is 10.6. The molecular weight excluding hydrogens is 346 g/mol. The first-order chi connectivity index (χ1) is 12.1. The van der Waals surface area contributed by atoms with Crippen LogP contribution < -0.4 is 0 Å². The lowest BCUT2D eigenvalue weighted by Gasteiger charge is -2.22. The third-order valence-corrected chi connectivity index (χ3v) is 6.49. The summed E-state index contributed by atoms with van der Waals surface area (Å²) in [5.41, 5.74) is 1.67. The van der Waals surface area contributed by atoms with E-state index in [1.54, 1.807) is 5.57 Å². The molecule has 25 heavy (non-hydrogen) atoms. The second-order valence-corrected chi connectivity index (χ2v) is 8.11. The Bertz CT molecular complexity index is 532. The summed E-state index contributed by atoms with van der Waals surface area (Å²) in [5, 5.41) is 0. The van der Waals surface area contributed by atoms with E-state index in [1.807, 2.05) is 6.92 Å². The van der Waals surface area contributed by atoms with E-state index in [0.29, 0.717) is 17.9 Å². The quantitative estimate of drug-likeness (QED) is 0.305. The summed E-state index contributed by atoms with van der Waals surface area (Å²) in [6, 6.07) is 0.